The molecule has 0 aliphatic rings. The lowest BCUT2D eigenvalue weighted by Crippen LogP contribution is -1.88. The van der Waals surface area contributed by atoms with Crippen LogP contribution in [0.3, 0.4) is 0 Å². The van der Waals surface area contributed by atoms with E-state index >= 15 is 0 Å². The molecule has 0 spiro atoms. The lowest BCUT2D eigenvalue weighted by Gasteiger charge is -2.02. The second kappa shape index (κ2) is 3.67. The van der Waals surface area contributed by atoms with Gasteiger partial charge in [0.15, 0.2) is 4.67 Å². The van der Waals surface area contributed by atoms with E-state index in [-0.39, 0.29) is 0 Å². The summed E-state index contributed by atoms with van der Waals surface area (Å²) in [5.74, 6) is 0.705. The molecular formula is C10H7BrClNO. The van der Waals surface area contributed by atoms with Gasteiger partial charge in [-0.2, -0.15) is 0 Å². The Morgan fingerprint density at radius 3 is 2.64 bits per heavy atom. The van der Waals surface area contributed by atoms with Crippen LogP contribution in [0.1, 0.15) is 0 Å². The zero-order chi connectivity index (χ0) is 10.1. The molecule has 0 atom stereocenters. The summed E-state index contributed by atoms with van der Waals surface area (Å²) in [4.78, 5) is 0. The molecule has 14 heavy (non-hydrogen) atoms. The van der Waals surface area contributed by atoms with Gasteiger partial charge in [0.05, 0.1) is 0 Å². The zero-order valence-electron chi connectivity index (χ0n) is 7.13. The van der Waals surface area contributed by atoms with Gasteiger partial charge in [-0.25, -0.2) is 0 Å². The van der Waals surface area contributed by atoms with E-state index in [4.69, 9.17) is 21.8 Å². The number of halogens is 2. The number of hydrogen-bond acceptors (Lipinski definition) is 2. The van der Waals surface area contributed by atoms with Gasteiger partial charge < -0.3 is 10.2 Å². The highest BCUT2D eigenvalue weighted by Gasteiger charge is 2.07. The Bertz CT molecular complexity index is 467. The van der Waals surface area contributed by atoms with Crippen LogP contribution in [0, 0.1) is 0 Å². The molecule has 2 N–H and O–H groups in total. The van der Waals surface area contributed by atoms with Crippen LogP contribution in [0.5, 0.6) is 0 Å². The van der Waals surface area contributed by atoms with Crippen LogP contribution in [0.25, 0.3) is 11.3 Å². The van der Waals surface area contributed by atoms with Crippen molar-refractivity contribution in [1.29, 1.82) is 0 Å². The Labute approximate surface area is 94.8 Å². The average Bonchev–Trinajstić information content (AvgIpc) is 2.56. The third-order valence-electron chi connectivity index (χ3n) is 1.85. The normalized spacial score (nSPS) is 10.4. The summed E-state index contributed by atoms with van der Waals surface area (Å²) >= 11 is 9.10. The van der Waals surface area contributed by atoms with Gasteiger partial charge in [-0.1, -0.05) is 11.6 Å². The van der Waals surface area contributed by atoms with E-state index in [1.54, 1.807) is 18.2 Å². The fourth-order valence-corrected chi connectivity index (χ4v) is 1.68. The molecule has 0 unspecified atom stereocenters. The molecule has 0 aliphatic heterocycles. The number of anilines is 1. The van der Waals surface area contributed by atoms with Crippen LogP contribution >= 0.6 is 27.5 Å². The van der Waals surface area contributed by atoms with E-state index < -0.39 is 0 Å². The lowest BCUT2D eigenvalue weighted by atomic mass is 10.1. The summed E-state index contributed by atoms with van der Waals surface area (Å²) in [6.45, 7) is 0. The smallest absolute Gasteiger partial charge is 0.169 e. The number of nitrogens with two attached hydrogens (primary N) is 1. The molecule has 2 aromatic rings. The quantitative estimate of drug-likeness (QED) is 0.799. The van der Waals surface area contributed by atoms with Crippen molar-refractivity contribution in [3.8, 4) is 11.3 Å². The van der Waals surface area contributed by atoms with E-state index in [1.807, 2.05) is 12.1 Å². The summed E-state index contributed by atoms with van der Waals surface area (Å²) in [5, 5.41) is 0.640. The number of benzene rings is 1. The molecule has 1 aromatic heterocycles. The molecule has 0 amide bonds. The lowest BCUT2D eigenvalue weighted by molar-refractivity contribution is 0.556. The first-order valence-electron chi connectivity index (χ1n) is 3.97. The van der Waals surface area contributed by atoms with Crippen LogP contribution in [-0.4, -0.2) is 0 Å². The topological polar surface area (TPSA) is 39.2 Å². The van der Waals surface area contributed by atoms with E-state index in [9.17, 15) is 0 Å². The fraction of sp³-hybridized carbons (Fsp3) is 0. The second-order valence-electron chi connectivity index (χ2n) is 2.84. The summed E-state index contributed by atoms with van der Waals surface area (Å²) in [7, 11) is 0. The third kappa shape index (κ3) is 1.79. The van der Waals surface area contributed by atoms with Crippen molar-refractivity contribution in [3.05, 3.63) is 40.0 Å². The maximum atomic E-state index is 5.86. The monoisotopic (exact) mass is 271 g/mol. The average molecular weight is 273 g/mol. The maximum absolute atomic E-state index is 5.86. The largest absolute Gasteiger partial charge is 0.449 e. The van der Waals surface area contributed by atoms with Crippen LogP contribution in [-0.2, 0) is 0 Å². The second-order valence-corrected chi connectivity index (χ2v) is 4.05. The first kappa shape index (κ1) is 9.62. The molecule has 4 heteroatoms. The minimum absolute atomic E-state index is 0.640. The third-order valence-corrected chi connectivity index (χ3v) is 2.52. The molecule has 0 radical (unpaired) electrons. The first-order chi connectivity index (χ1) is 6.66. The Kier molecular flexibility index (Phi) is 2.52. The number of nitrogen functional groups attached to an aromatic ring is 1. The molecule has 2 rings (SSSR count). The molecule has 0 aliphatic carbocycles. The number of furan rings is 1. The Hall–Kier alpha value is -0.930. The van der Waals surface area contributed by atoms with Gasteiger partial charge >= 0.3 is 0 Å². The minimum atomic E-state index is 0.640. The van der Waals surface area contributed by atoms with Crippen LogP contribution in [0.15, 0.2) is 39.4 Å². The summed E-state index contributed by atoms with van der Waals surface area (Å²) < 4.78 is 6.06. The summed E-state index contributed by atoms with van der Waals surface area (Å²) in [6, 6.07) is 8.94. The Morgan fingerprint density at radius 1 is 1.21 bits per heavy atom. The summed E-state index contributed by atoms with van der Waals surface area (Å²) in [6.07, 6.45) is 0. The van der Waals surface area contributed by atoms with Crippen molar-refractivity contribution in [2.24, 2.45) is 0 Å². The standard InChI is InChI=1S/C10H7BrClNO/c11-10-4-3-9(14-10)7-5-6(12)1-2-8(7)13/h1-5H,13H2. The van der Waals surface area contributed by atoms with Gasteiger partial charge in [-0.15, -0.1) is 0 Å². The predicted octanol–water partition coefficient (Wildman–Crippen LogP) is 3.94. The van der Waals surface area contributed by atoms with Gasteiger partial charge in [-0.05, 0) is 46.3 Å². The fourth-order valence-electron chi connectivity index (χ4n) is 1.20. The molecule has 1 aromatic carbocycles. The highest BCUT2D eigenvalue weighted by molar-refractivity contribution is 9.10. The Balaban J connectivity index is 2.55. The van der Waals surface area contributed by atoms with Crippen molar-refractivity contribution in [2.75, 3.05) is 5.73 Å². The molecule has 1 heterocycles. The SMILES string of the molecule is Nc1ccc(Cl)cc1-c1ccc(Br)o1. The maximum Gasteiger partial charge on any atom is 0.169 e. The molecule has 2 nitrogen and oxygen atoms in total. The molecule has 0 fully saturated rings. The van der Waals surface area contributed by atoms with Crippen LogP contribution in [0.2, 0.25) is 5.02 Å². The van der Waals surface area contributed by atoms with E-state index in [2.05, 4.69) is 15.9 Å². The van der Waals surface area contributed by atoms with Crippen molar-refractivity contribution in [1.82, 2.24) is 0 Å². The van der Waals surface area contributed by atoms with Crippen molar-refractivity contribution in [2.45, 2.75) is 0 Å². The van der Waals surface area contributed by atoms with Crippen molar-refractivity contribution < 1.29 is 4.42 Å². The van der Waals surface area contributed by atoms with Crippen molar-refractivity contribution >= 4 is 33.2 Å². The first-order valence-corrected chi connectivity index (χ1v) is 5.14. The molecule has 0 bridgehead atoms. The molecular weight excluding hydrogens is 265 g/mol. The van der Waals surface area contributed by atoms with E-state index in [0.717, 1.165) is 5.56 Å². The van der Waals surface area contributed by atoms with Crippen LogP contribution < -0.4 is 5.73 Å². The van der Waals surface area contributed by atoms with Gasteiger partial charge in [0.1, 0.15) is 5.76 Å². The van der Waals surface area contributed by atoms with Gasteiger partial charge in [0.25, 0.3) is 0 Å². The Morgan fingerprint density at radius 2 is 2.00 bits per heavy atom. The highest BCUT2D eigenvalue weighted by atomic mass is 79.9. The predicted molar refractivity (Wildman–Crippen MR) is 61.3 cm³/mol. The highest BCUT2D eigenvalue weighted by Crippen LogP contribution is 2.31. The number of hydrogen-bond donors (Lipinski definition) is 1. The van der Waals surface area contributed by atoms with Crippen molar-refractivity contribution in [3.63, 3.8) is 0 Å². The van der Waals surface area contributed by atoms with Crippen LogP contribution in [0.4, 0.5) is 5.69 Å². The zero-order valence-corrected chi connectivity index (χ0v) is 9.47. The molecule has 72 valence electrons. The molecule has 0 saturated heterocycles. The number of rotatable bonds is 1. The summed E-state index contributed by atoms with van der Waals surface area (Å²) in [5.41, 5.74) is 7.25. The van der Waals surface area contributed by atoms with Gasteiger partial charge in [0.2, 0.25) is 0 Å². The van der Waals surface area contributed by atoms with Gasteiger partial charge in [-0.3, -0.25) is 0 Å². The van der Waals surface area contributed by atoms with E-state index in [0.29, 0.717) is 21.1 Å². The minimum Gasteiger partial charge on any atom is -0.449 e. The van der Waals surface area contributed by atoms with E-state index in [1.165, 1.54) is 0 Å². The molecule has 0 saturated carbocycles. The van der Waals surface area contributed by atoms with Gasteiger partial charge in [0, 0.05) is 16.3 Å².